The zero-order chi connectivity index (χ0) is 24.0. The number of nitrogens with zero attached hydrogens (tertiary/aromatic N) is 2. The molecule has 6 nitrogen and oxygen atoms in total. The van der Waals surface area contributed by atoms with Crippen molar-refractivity contribution >= 4 is 40.0 Å². The summed E-state index contributed by atoms with van der Waals surface area (Å²) in [5.41, 5.74) is 3.77. The Morgan fingerprint density at radius 2 is 1.74 bits per heavy atom. The maximum atomic E-state index is 13.8. The molecule has 2 amide bonds. The highest BCUT2D eigenvalue weighted by atomic mass is 35.5. The molecule has 34 heavy (non-hydrogen) atoms. The summed E-state index contributed by atoms with van der Waals surface area (Å²) in [7, 11) is 5.27. The summed E-state index contributed by atoms with van der Waals surface area (Å²) in [6, 6.07) is 20.0. The number of nitrogens with one attached hydrogen (secondary N) is 1. The number of methoxy groups -OCH3 is 1. The first-order valence-electron chi connectivity index (χ1n) is 10.9. The summed E-state index contributed by atoms with van der Waals surface area (Å²) in [6.45, 7) is 0. The highest BCUT2D eigenvalue weighted by Crippen LogP contribution is 2.45. The number of carbonyl (C=O) groups is 2. The van der Waals surface area contributed by atoms with E-state index in [0.717, 1.165) is 16.5 Å². The fourth-order valence-corrected chi connectivity index (χ4v) is 5.18. The molecular weight excluding hydrogens is 450 g/mol. The van der Waals surface area contributed by atoms with Crippen LogP contribution in [-0.2, 0) is 11.8 Å². The van der Waals surface area contributed by atoms with Gasteiger partial charge in [-0.05, 0) is 35.9 Å². The number of amides is 2. The van der Waals surface area contributed by atoms with Crippen molar-refractivity contribution in [2.24, 2.45) is 7.05 Å². The van der Waals surface area contributed by atoms with Gasteiger partial charge >= 0.3 is 0 Å². The average molecular weight is 474 g/mol. The summed E-state index contributed by atoms with van der Waals surface area (Å²) in [5.74, 6) is -0.414. The van der Waals surface area contributed by atoms with Crippen LogP contribution in [0, 0.1) is 0 Å². The van der Waals surface area contributed by atoms with Crippen molar-refractivity contribution in [3.05, 3.63) is 94.6 Å². The summed E-state index contributed by atoms with van der Waals surface area (Å²) in [4.78, 5) is 28.9. The number of ether oxygens (including phenoxy) is 1. The smallest absolute Gasteiger partial charge is 0.254 e. The number of anilines is 1. The summed E-state index contributed by atoms with van der Waals surface area (Å²) < 4.78 is 7.25. The molecule has 2 atom stereocenters. The Morgan fingerprint density at radius 3 is 2.50 bits per heavy atom. The normalized spacial score (nSPS) is 17.5. The Bertz CT molecular complexity index is 1430. The van der Waals surface area contributed by atoms with Crippen molar-refractivity contribution in [1.29, 1.82) is 0 Å². The molecule has 1 aromatic heterocycles. The minimum atomic E-state index is -0.620. The lowest BCUT2D eigenvalue weighted by Crippen LogP contribution is -2.44. The van der Waals surface area contributed by atoms with Crippen LogP contribution < -0.4 is 10.1 Å². The third kappa shape index (κ3) is 3.51. The Kier molecular flexibility index (Phi) is 5.54. The van der Waals surface area contributed by atoms with Crippen molar-refractivity contribution in [3.63, 3.8) is 0 Å². The van der Waals surface area contributed by atoms with Crippen LogP contribution in [0.15, 0.2) is 72.9 Å². The van der Waals surface area contributed by atoms with E-state index in [4.69, 9.17) is 16.3 Å². The fraction of sp³-hybridized carbons (Fsp3) is 0.185. The fourth-order valence-electron chi connectivity index (χ4n) is 4.92. The number of benzene rings is 3. The second kappa shape index (κ2) is 8.54. The van der Waals surface area contributed by atoms with Crippen molar-refractivity contribution < 1.29 is 14.3 Å². The Hall–Kier alpha value is -3.77. The Balaban J connectivity index is 1.64. The topological polar surface area (TPSA) is 63.6 Å². The van der Waals surface area contributed by atoms with Crippen LogP contribution >= 0.6 is 11.6 Å². The van der Waals surface area contributed by atoms with Gasteiger partial charge < -0.3 is 19.5 Å². The molecule has 0 fully saturated rings. The van der Waals surface area contributed by atoms with Crippen molar-refractivity contribution in [2.45, 2.75) is 12.0 Å². The minimum Gasteiger partial charge on any atom is -0.495 e. The second-order valence-electron chi connectivity index (χ2n) is 8.48. The van der Waals surface area contributed by atoms with Gasteiger partial charge in [-0.25, -0.2) is 0 Å². The van der Waals surface area contributed by atoms with Crippen LogP contribution in [0.3, 0.4) is 0 Å². The van der Waals surface area contributed by atoms with Crippen LogP contribution in [0.2, 0.25) is 5.02 Å². The number of para-hydroxylation sites is 1. The van der Waals surface area contributed by atoms with Crippen molar-refractivity contribution in [3.8, 4) is 5.75 Å². The molecule has 0 aliphatic carbocycles. The third-order valence-electron chi connectivity index (χ3n) is 6.53. The quantitative estimate of drug-likeness (QED) is 0.432. The van der Waals surface area contributed by atoms with E-state index in [9.17, 15) is 9.59 Å². The van der Waals surface area contributed by atoms with E-state index in [0.29, 0.717) is 27.6 Å². The van der Waals surface area contributed by atoms with E-state index in [-0.39, 0.29) is 11.8 Å². The number of hydrogen-bond donors (Lipinski definition) is 1. The maximum absolute atomic E-state index is 13.8. The molecule has 172 valence electrons. The van der Waals surface area contributed by atoms with Gasteiger partial charge in [-0.3, -0.25) is 9.59 Å². The van der Waals surface area contributed by atoms with E-state index in [1.165, 1.54) is 0 Å². The van der Waals surface area contributed by atoms with Gasteiger partial charge in [0.25, 0.3) is 5.91 Å². The Labute approximate surface area is 202 Å². The second-order valence-corrected chi connectivity index (χ2v) is 8.88. The van der Waals surface area contributed by atoms with E-state index >= 15 is 0 Å². The number of rotatable bonds is 4. The number of hydrogen-bond acceptors (Lipinski definition) is 3. The molecule has 1 aliphatic rings. The molecule has 4 aromatic rings. The van der Waals surface area contributed by atoms with Gasteiger partial charge in [-0.15, -0.1) is 0 Å². The van der Waals surface area contributed by atoms with Crippen LogP contribution in [0.25, 0.3) is 10.9 Å². The van der Waals surface area contributed by atoms with Gasteiger partial charge in [0.05, 0.1) is 24.1 Å². The number of halogens is 1. The first kappa shape index (κ1) is 22.0. The molecule has 2 heterocycles. The highest BCUT2D eigenvalue weighted by Gasteiger charge is 2.43. The van der Waals surface area contributed by atoms with E-state index in [1.807, 2.05) is 60.3 Å². The monoisotopic (exact) mass is 473 g/mol. The van der Waals surface area contributed by atoms with E-state index in [2.05, 4.69) is 5.32 Å². The molecule has 0 saturated carbocycles. The molecular formula is C27H24ClN3O3. The largest absolute Gasteiger partial charge is 0.495 e. The molecule has 0 spiro atoms. The van der Waals surface area contributed by atoms with Gasteiger partial charge in [0.1, 0.15) is 5.75 Å². The standard InChI is InChI=1S/C27H24ClN3O3/c1-30-15-20(17-8-6-7-11-22(17)30)25-24(18-9-4-5-10-19(18)27(33)31(25)2)26(32)29-16-12-13-23(34-3)21(28)14-16/h4-15,24-25H,1-3H3,(H,29,32)/t24-,25+/m0/s1. The first-order chi connectivity index (χ1) is 16.4. The average Bonchev–Trinajstić information content (AvgIpc) is 3.17. The van der Waals surface area contributed by atoms with Gasteiger partial charge in [0.2, 0.25) is 5.91 Å². The number of aryl methyl sites for hydroxylation is 1. The molecule has 5 rings (SSSR count). The van der Waals surface area contributed by atoms with Crippen molar-refractivity contribution in [2.75, 3.05) is 19.5 Å². The molecule has 0 unspecified atom stereocenters. The van der Waals surface area contributed by atoms with Crippen molar-refractivity contribution in [1.82, 2.24) is 9.47 Å². The summed E-state index contributed by atoms with van der Waals surface area (Å²) in [6.07, 6.45) is 2.01. The number of aromatic nitrogens is 1. The van der Waals surface area contributed by atoms with Crippen LogP contribution in [0.1, 0.15) is 33.4 Å². The lowest BCUT2D eigenvalue weighted by atomic mass is 9.79. The SMILES string of the molecule is COc1ccc(NC(=O)[C@H]2c3ccccc3C(=O)N(C)[C@@H]2c2cn(C)c3ccccc23)cc1Cl. The van der Waals surface area contributed by atoms with Gasteiger partial charge in [-0.2, -0.15) is 0 Å². The van der Waals surface area contributed by atoms with E-state index in [1.54, 1.807) is 43.3 Å². The van der Waals surface area contributed by atoms with E-state index < -0.39 is 12.0 Å². The number of fused-ring (bicyclic) bond motifs is 2. The van der Waals surface area contributed by atoms with Crippen LogP contribution in [-0.4, -0.2) is 35.4 Å². The van der Waals surface area contributed by atoms with Crippen LogP contribution in [0.5, 0.6) is 5.75 Å². The predicted molar refractivity (Wildman–Crippen MR) is 134 cm³/mol. The van der Waals surface area contributed by atoms with Crippen LogP contribution in [0.4, 0.5) is 5.69 Å². The molecule has 3 aromatic carbocycles. The molecule has 1 N–H and O–H groups in total. The maximum Gasteiger partial charge on any atom is 0.254 e. The lowest BCUT2D eigenvalue weighted by Gasteiger charge is -2.39. The minimum absolute atomic E-state index is 0.106. The van der Waals surface area contributed by atoms with Gasteiger partial charge in [-0.1, -0.05) is 48.0 Å². The zero-order valence-electron chi connectivity index (χ0n) is 19.1. The first-order valence-corrected chi connectivity index (χ1v) is 11.3. The van der Waals surface area contributed by atoms with Gasteiger partial charge in [0.15, 0.2) is 0 Å². The highest BCUT2D eigenvalue weighted by molar-refractivity contribution is 6.32. The summed E-state index contributed by atoms with van der Waals surface area (Å²) in [5, 5.41) is 4.43. The molecule has 0 radical (unpaired) electrons. The molecule has 7 heteroatoms. The summed E-state index contributed by atoms with van der Waals surface area (Å²) >= 11 is 6.28. The Morgan fingerprint density at radius 1 is 1.00 bits per heavy atom. The third-order valence-corrected chi connectivity index (χ3v) is 6.82. The number of likely N-dealkylation sites (N-methyl/N-ethyl adjacent to an activating group) is 1. The molecule has 0 bridgehead atoms. The predicted octanol–water partition coefficient (Wildman–Crippen LogP) is 5.39. The molecule has 0 saturated heterocycles. The van der Waals surface area contributed by atoms with Gasteiger partial charge in [0, 0.05) is 48.0 Å². The molecule has 1 aliphatic heterocycles. The zero-order valence-corrected chi connectivity index (χ0v) is 19.8. The number of carbonyl (C=O) groups excluding carboxylic acids is 2. The lowest BCUT2D eigenvalue weighted by molar-refractivity contribution is -0.119.